The molecule has 0 saturated carbocycles. The Labute approximate surface area is 92.7 Å². The first-order valence-corrected chi connectivity index (χ1v) is 4.50. The molecule has 1 aromatic rings. The van der Waals surface area contributed by atoms with E-state index in [0.717, 1.165) is 0 Å². The first kappa shape index (κ1) is 11.8. The first-order chi connectivity index (χ1) is 7.54. The van der Waals surface area contributed by atoms with Crippen LogP contribution in [0.3, 0.4) is 0 Å². The number of benzene rings is 1. The van der Waals surface area contributed by atoms with E-state index in [9.17, 15) is 9.59 Å². The number of amides is 1. The number of ether oxygens (including phenoxy) is 1. The molecule has 1 aromatic carbocycles. The van der Waals surface area contributed by atoms with E-state index < -0.39 is 11.9 Å². The molecule has 0 aliphatic heterocycles. The van der Waals surface area contributed by atoms with Crippen molar-refractivity contribution in [1.82, 2.24) is 0 Å². The smallest absolute Gasteiger partial charge is 0.337 e. The summed E-state index contributed by atoms with van der Waals surface area (Å²) in [5.41, 5.74) is 12.0. The predicted molar refractivity (Wildman–Crippen MR) is 60.4 cm³/mol. The minimum Gasteiger partial charge on any atom is -0.465 e. The summed E-state index contributed by atoms with van der Waals surface area (Å²) in [5.74, 6) is -1.04. The molecule has 0 aliphatic carbocycles. The summed E-state index contributed by atoms with van der Waals surface area (Å²) in [4.78, 5) is 21.8. The Bertz CT molecular complexity index is 453. The van der Waals surface area contributed by atoms with Gasteiger partial charge in [-0.1, -0.05) is 0 Å². The molecule has 1 rings (SSSR count). The van der Waals surface area contributed by atoms with Gasteiger partial charge in [-0.15, -0.1) is 0 Å². The highest BCUT2D eigenvalue weighted by Gasteiger charge is 2.06. The SMILES string of the molecule is COC(=O)c1ccc(N)c(C=CC(N)=O)c1. The summed E-state index contributed by atoms with van der Waals surface area (Å²) in [6, 6.07) is 4.64. The van der Waals surface area contributed by atoms with Gasteiger partial charge in [0, 0.05) is 11.8 Å². The molecule has 0 spiro atoms. The average molecular weight is 220 g/mol. The molecular formula is C11H12N2O3. The molecule has 5 heteroatoms. The second-order valence-corrected chi connectivity index (χ2v) is 3.07. The van der Waals surface area contributed by atoms with Gasteiger partial charge in [0.15, 0.2) is 0 Å². The molecule has 0 aliphatic rings. The summed E-state index contributed by atoms with van der Waals surface area (Å²) in [7, 11) is 1.29. The number of rotatable bonds is 3. The summed E-state index contributed by atoms with van der Waals surface area (Å²) in [6.07, 6.45) is 2.62. The fourth-order valence-corrected chi connectivity index (χ4v) is 1.14. The van der Waals surface area contributed by atoms with Crippen LogP contribution in [-0.4, -0.2) is 19.0 Å². The molecule has 0 bridgehead atoms. The van der Waals surface area contributed by atoms with Crippen molar-refractivity contribution in [3.05, 3.63) is 35.4 Å². The quantitative estimate of drug-likeness (QED) is 0.442. The molecule has 16 heavy (non-hydrogen) atoms. The van der Waals surface area contributed by atoms with Crippen LogP contribution in [0.15, 0.2) is 24.3 Å². The summed E-state index contributed by atoms with van der Waals surface area (Å²) >= 11 is 0. The third-order valence-electron chi connectivity index (χ3n) is 1.94. The van der Waals surface area contributed by atoms with Gasteiger partial charge in [0.2, 0.25) is 5.91 Å². The Kier molecular flexibility index (Phi) is 3.66. The van der Waals surface area contributed by atoms with E-state index in [4.69, 9.17) is 11.5 Å². The molecular weight excluding hydrogens is 208 g/mol. The highest BCUT2D eigenvalue weighted by atomic mass is 16.5. The number of hydrogen-bond donors (Lipinski definition) is 2. The zero-order valence-corrected chi connectivity index (χ0v) is 8.77. The largest absolute Gasteiger partial charge is 0.465 e. The zero-order valence-electron chi connectivity index (χ0n) is 8.77. The number of primary amides is 1. The lowest BCUT2D eigenvalue weighted by Crippen LogP contribution is -2.06. The van der Waals surface area contributed by atoms with E-state index in [1.807, 2.05) is 0 Å². The van der Waals surface area contributed by atoms with Crippen LogP contribution in [-0.2, 0) is 9.53 Å². The van der Waals surface area contributed by atoms with Crippen molar-refractivity contribution < 1.29 is 14.3 Å². The average Bonchev–Trinajstić information content (AvgIpc) is 2.26. The van der Waals surface area contributed by atoms with Gasteiger partial charge in [0.25, 0.3) is 0 Å². The number of methoxy groups -OCH3 is 1. The van der Waals surface area contributed by atoms with Crippen molar-refractivity contribution in [2.45, 2.75) is 0 Å². The van der Waals surface area contributed by atoms with Gasteiger partial charge < -0.3 is 16.2 Å². The van der Waals surface area contributed by atoms with Crippen LogP contribution in [0.25, 0.3) is 6.08 Å². The molecule has 0 atom stereocenters. The lowest BCUT2D eigenvalue weighted by atomic mass is 10.1. The van der Waals surface area contributed by atoms with Crippen molar-refractivity contribution >= 4 is 23.6 Å². The van der Waals surface area contributed by atoms with Gasteiger partial charge in [-0.3, -0.25) is 4.79 Å². The molecule has 0 radical (unpaired) electrons. The molecule has 5 nitrogen and oxygen atoms in total. The normalized spacial score (nSPS) is 10.3. The van der Waals surface area contributed by atoms with Crippen molar-refractivity contribution in [3.8, 4) is 0 Å². The predicted octanol–water partition coefficient (Wildman–Crippen LogP) is 0.554. The van der Waals surface area contributed by atoms with Crippen molar-refractivity contribution in [1.29, 1.82) is 0 Å². The molecule has 0 heterocycles. The van der Waals surface area contributed by atoms with Gasteiger partial charge in [-0.2, -0.15) is 0 Å². The number of esters is 1. The maximum absolute atomic E-state index is 11.2. The highest BCUT2D eigenvalue weighted by Crippen LogP contribution is 2.16. The first-order valence-electron chi connectivity index (χ1n) is 4.50. The fourth-order valence-electron chi connectivity index (χ4n) is 1.14. The molecule has 0 aromatic heterocycles. The van der Waals surface area contributed by atoms with Crippen LogP contribution >= 0.6 is 0 Å². The summed E-state index contributed by atoms with van der Waals surface area (Å²) in [5, 5.41) is 0. The Hall–Kier alpha value is -2.30. The van der Waals surface area contributed by atoms with Gasteiger partial charge in [-0.25, -0.2) is 4.79 Å². The van der Waals surface area contributed by atoms with Crippen LogP contribution in [0.2, 0.25) is 0 Å². The number of carbonyl (C=O) groups is 2. The monoisotopic (exact) mass is 220 g/mol. The van der Waals surface area contributed by atoms with E-state index in [1.54, 1.807) is 12.1 Å². The highest BCUT2D eigenvalue weighted by molar-refractivity contribution is 5.94. The third kappa shape index (κ3) is 2.84. The van der Waals surface area contributed by atoms with E-state index in [-0.39, 0.29) is 0 Å². The second kappa shape index (κ2) is 4.97. The summed E-state index contributed by atoms with van der Waals surface area (Å²) in [6.45, 7) is 0. The van der Waals surface area contributed by atoms with Gasteiger partial charge >= 0.3 is 5.97 Å². The summed E-state index contributed by atoms with van der Waals surface area (Å²) < 4.78 is 4.56. The third-order valence-corrected chi connectivity index (χ3v) is 1.94. The maximum atomic E-state index is 11.2. The van der Waals surface area contributed by atoms with Crippen LogP contribution in [0.5, 0.6) is 0 Å². The van der Waals surface area contributed by atoms with Crippen LogP contribution < -0.4 is 11.5 Å². The Morgan fingerprint density at radius 2 is 2.06 bits per heavy atom. The number of carbonyl (C=O) groups excluding carboxylic acids is 2. The minimum atomic E-state index is -0.581. The second-order valence-electron chi connectivity index (χ2n) is 3.07. The molecule has 0 fully saturated rings. The standard InChI is InChI=1S/C11H12N2O3/c1-16-11(15)8-2-4-9(12)7(6-8)3-5-10(13)14/h2-6H,12H2,1H3,(H2,13,14). The molecule has 4 N–H and O–H groups in total. The number of nitrogens with two attached hydrogens (primary N) is 2. The molecule has 1 amide bonds. The van der Waals surface area contributed by atoms with Gasteiger partial charge in [0.1, 0.15) is 0 Å². The maximum Gasteiger partial charge on any atom is 0.337 e. The Morgan fingerprint density at radius 3 is 2.62 bits per heavy atom. The molecule has 84 valence electrons. The topological polar surface area (TPSA) is 95.4 Å². The lowest BCUT2D eigenvalue weighted by molar-refractivity contribution is -0.113. The van der Waals surface area contributed by atoms with E-state index in [2.05, 4.69) is 4.74 Å². The van der Waals surface area contributed by atoms with Crippen LogP contribution in [0.4, 0.5) is 5.69 Å². The van der Waals surface area contributed by atoms with Crippen molar-refractivity contribution in [3.63, 3.8) is 0 Å². The van der Waals surface area contributed by atoms with Gasteiger partial charge in [0.05, 0.1) is 12.7 Å². The van der Waals surface area contributed by atoms with Crippen LogP contribution in [0, 0.1) is 0 Å². The van der Waals surface area contributed by atoms with E-state index in [1.165, 1.54) is 25.3 Å². The molecule has 0 saturated heterocycles. The number of hydrogen-bond acceptors (Lipinski definition) is 4. The number of anilines is 1. The van der Waals surface area contributed by atoms with Gasteiger partial charge in [-0.05, 0) is 29.8 Å². The Morgan fingerprint density at radius 1 is 1.38 bits per heavy atom. The van der Waals surface area contributed by atoms with E-state index >= 15 is 0 Å². The number of nitrogen functional groups attached to an aromatic ring is 1. The van der Waals surface area contributed by atoms with Crippen LogP contribution in [0.1, 0.15) is 15.9 Å². The van der Waals surface area contributed by atoms with E-state index in [0.29, 0.717) is 16.8 Å². The fraction of sp³-hybridized carbons (Fsp3) is 0.0909. The molecule has 0 unspecified atom stereocenters. The lowest BCUT2D eigenvalue weighted by Gasteiger charge is -2.03. The Balaban J connectivity index is 3.08. The van der Waals surface area contributed by atoms with Crippen molar-refractivity contribution in [2.24, 2.45) is 5.73 Å². The minimum absolute atomic E-state index is 0.362. The van der Waals surface area contributed by atoms with Crippen molar-refractivity contribution in [2.75, 3.05) is 12.8 Å². The zero-order chi connectivity index (χ0) is 12.1.